The smallest absolute Gasteiger partial charge is 0.334 e. The van der Waals surface area contributed by atoms with Crippen molar-refractivity contribution in [1.29, 1.82) is 0 Å². The summed E-state index contributed by atoms with van der Waals surface area (Å²) in [5, 5.41) is 17.2. The number of nitrogens with zero attached hydrogens (tertiary/aromatic N) is 2. The first kappa shape index (κ1) is 45.3. The lowest BCUT2D eigenvalue weighted by atomic mass is 10.1. The van der Waals surface area contributed by atoms with Crippen LogP contribution in [-0.4, -0.2) is 107 Å². The Balaban J connectivity index is 0.000000794. The highest BCUT2D eigenvalue weighted by molar-refractivity contribution is 5.93. The van der Waals surface area contributed by atoms with Gasteiger partial charge < -0.3 is 34.2 Å². The number of carboxylic acids is 1. The molecule has 2 N–H and O–H groups in total. The van der Waals surface area contributed by atoms with Gasteiger partial charge in [0.25, 0.3) is 0 Å². The number of rotatable bonds is 21. The minimum Gasteiger partial charge on any atom is -0.478 e. The zero-order valence-corrected chi connectivity index (χ0v) is 30.2. The molecule has 13 heteroatoms. The number of carboxylic acid groups (broad SMARTS) is 1. The number of hydrogen-bond donors (Lipinski definition) is 2. The predicted octanol–water partition coefficient (Wildman–Crippen LogP) is 4.74. The van der Waals surface area contributed by atoms with Gasteiger partial charge in [0.05, 0.1) is 45.2 Å². The highest BCUT2D eigenvalue weighted by Gasteiger charge is 2.32. The van der Waals surface area contributed by atoms with Gasteiger partial charge in [-0.25, -0.2) is 9.59 Å². The number of esters is 3. The maximum atomic E-state index is 11.8. The van der Waals surface area contributed by atoms with Gasteiger partial charge in [0, 0.05) is 38.1 Å². The highest BCUT2D eigenvalue weighted by Crippen LogP contribution is 2.15. The fourth-order valence-corrected chi connectivity index (χ4v) is 4.45. The lowest BCUT2D eigenvalue weighted by Gasteiger charge is -2.37. The lowest BCUT2D eigenvalue weighted by Crippen LogP contribution is -2.54. The van der Waals surface area contributed by atoms with Crippen LogP contribution in [0.15, 0.2) is 24.3 Å². The summed E-state index contributed by atoms with van der Waals surface area (Å²) in [5.74, 6) is -2.70. The molecule has 0 atom stereocenters. The monoisotopic (exact) mass is 696 g/mol. The van der Waals surface area contributed by atoms with Gasteiger partial charge in [0.15, 0.2) is 0 Å². The third kappa shape index (κ3) is 23.3. The highest BCUT2D eigenvalue weighted by atomic mass is 16.6. The number of aliphatic carboxylic acids is 1. The van der Waals surface area contributed by atoms with E-state index in [4.69, 9.17) is 24.4 Å². The average Bonchev–Trinajstić information content (AvgIpc) is 3.00. The molecule has 0 aromatic carbocycles. The number of ether oxygens (including phenoxy) is 3. The second-order valence-corrected chi connectivity index (χ2v) is 12.4. The summed E-state index contributed by atoms with van der Waals surface area (Å²) >= 11 is 0. The fourth-order valence-electron chi connectivity index (χ4n) is 4.45. The fraction of sp³-hybridized carbons (Fsp3) is 0.722. The van der Waals surface area contributed by atoms with Gasteiger partial charge in [0.1, 0.15) is 6.10 Å². The molecule has 0 aromatic heterocycles. The third-order valence-electron chi connectivity index (χ3n) is 7.70. The van der Waals surface area contributed by atoms with Crippen molar-refractivity contribution < 1.29 is 53.2 Å². The molecule has 2 fully saturated rings. The van der Waals surface area contributed by atoms with Crippen molar-refractivity contribution >= 4 is 35.7 Å². The Kier molecular flexibility index (Phi) is 25.1. The molecule has 0 spiro atoms. The van der Waals surface area contributed by atoms with E-state index >= 15 is 0 Å². The summed E-state index contributed by atoms with van der Waals surface area (Å²) in [5.41, 5.74) is -0.0397. The number of likely N-dealkylation sites (tertiary alicyclic amines) is 2. The van der Waals surface area contributed by atoms with E-state index in [9.17, 15) is 28.8 Å². The molecule has 13 nitrogen and oxygen atoms in total. The minimum atomic E-state index is -1.15. The molecule has 2 amide bonds. The quantitative estimate of drug-likeness (QED) is 0.0733. The molecule has 0 bridgehead atoms. The van der Waals surface area contributed by atoms with Crippen LogP contribution in [0, 0.1) is 0 Å². The molecule has 2 saturated heterocycles. The summed E-state index contributed by atoms with van der Waals surface area (Å²) < 4.78 is 15.2. The van der Waals surface area contributed by atoms with E-state index in [0.29, 0.717) is 39.4 Å². The first-order valence-corrected chi connectivity index (χ1v) is 17.5. The Bertz CT molecular complexity index is 1060. The number of carbonyl (C=O) groups excluding carboxylic acids is 5. The number of carbonyl (C=O) groups is 6. The van der Waals surface area contributed by atoms with Crippen LogP contribution in [0.4, 0.5) is 0 Å². The number of hydrogen-bond acceptors (Lipinski definition) is 10. The zero-order chi connectivity index (χ0) is 37.2. The summed E-state index contributed by atoms with van der Waals surface area (Å²) in [4.78, 5) is 69.6. The molecular weight excluding hydrogens is 636 g/mol. The van der Waals surface area contributed by atoms with Gasteiger partial charge in [-0.05, 0) is 12.8 Å². The van der Waals surface area contributed by atoms with Crippen LogP contribution in [-0.2, 0) is 43.0 Å². The third-order valence-corrected chi connectivity index (χ3v) is 7.70. The summed E-state index contributed by atoms with van der Waals surface area (Å²) in [7, 11) is 0. The molecule has 2 rings (SSSR count). The SMILES string of the molecule is C=C(CC(=O)OCCCCCCCC)C(=O)O.C=C(CC(=O)OCCCCCCCC)C(=O)OC1CN(C(C)=O)C1.CC(=O)N1CC(O)C1. The van der Waals surface area contributed by atoms with E-state index < -0.39 is 23.9 Å². The van der Waals surface area contributed by atoms with Gasteiger partial charge >= 0.3 is 23.9 Å². The maximum Gasteiger partial charge on any atom is 0.334 e. The average molecular weight is 697 g/mol. The predicted molar refractivity (Wildman–Crippen MR) is 184 cm³/mol. The van der Waals surface area contributed by atoms with E-state index in [1.807, 2.05) is 0 Å². The van der Waals surface area contributed by atoms with E-state index in [1.165, 1.54) is 52.4 Å². The number of amides is 2. The molecule has 0 saturated carbocycles. The van der Waals surface area contributed by atoms with Crippen molar-refractivity contribution in [2.75, 3.05) is 39.4 Å². The second kappa shape index (κ2) is 27.1. The van der Waals surface area contributed by atoms with Crippen LogP contribution in [0.5, 0.6) is 0 Å². The van der Waals surface area contributed by atoms with Crippen LogP contribution in [0.25, 0.3) is 0 Å². The van der Waals surface area contributed by atoms with Gasteiger partial charge in [-0.15, -0.1) is 0 Å². The van der Waals surface area contributed by atoms with Crippen LogP contribution >= 0.6 is 0 Å². The molecule has 0 radical (unpaired) electrons. The van der Waals surface area contributed by atoms with Crippen LogP contribution in [0.1, 0.15) is 118 Å². The Morgan fingerprint density at radius 1 is 0.633 bits per heavy atom. The van der Waals surface area contributed by atoms with Gasteiger partial charge in [-0.3, -0.25) is 19.2 Å². The van der Waals surface area contributed by atoms with Gasteiger partial charge in [-0.2, -0.15) is 0 Å². The Morgan fingerprint density at radius 3 is 1.39 bits per heavy atom. The molecule has 2 aliphatic rings. The van der Waals surface area contributed by atoms with Crippen LogP contribution in [0.2, 0.25) is 0 Å². The second-order valence-electron chi connectivity index (χ2n) is 12.4. The number of aliphatic hydroxyl groups is 1. The van der Waals surface area contributed by atoms with Gasteiger partial charge in [0.2, 0.25) is 11.8 Å². The normalized spacial score (nSPS) is 13.7. The Morgan fingerprint density at radius 2 is 1.02 bits per heavy atom. The minimum absolute atomic E-state index is 0.0422. The van der Waals surface area contributed by atoms with E-state index in [0.717, 1.165) is 38.5 Å². The van der Waals surface area contributed by atoms with Gasteiger partial charge in [-0.1, -0.05) is 91.2 Å². The van der Waals surface area contributed by atoms with Crippen LogP contribution in [0.3, 0.4) is 0 Å². The molecule has 2 aliphatic heterocycles. The summed E-state index contributed by atoms with van der Waals surface area (Å²) in [6, 6.07) is 0. The number of β-amino-alcohol motifs (C(OH)–C–C–N with tert-alkyl or cyclic N) is 1. The molecule has 0 unspecified atom stereocenters. The van der Waals surface area contributed by atoms with Crippen molar-refractivity contribution in [2.45, 2.75) is 130 Å². The summed E-state index contributed by atoms with van der Waals surface area (Å²) in [6.07, 6.45) is 12.5. The van der Waals surface area contributed by atoms with Crippen molar-refractivity contribution in [3.05, 3.63) is 24.3 Å². The first-order valence-electron chi connectivity index (χ1n) is 17.5. The number of unbranched alkanes of at least 4 members (excludes halogenated alkanes) is 10. The van der Waals surface area contributed by atoms with E-state index in [1.54, 1.807) is 9.80 Å². The Hall–Kier alpha value is -3.74. The zero-order valence-electron chi connectivity index (χ0n) is 30.2. The molecule has 0 aliphatic carbocycles. The molecule has 0 aromatic rings. The van der Waals surface area contributed by atoms with E-state index in [2.05, 4.69) is 27.0 Å². The van der Waals surface area contributed by atoms with Crippen LogP contribution < -0.4 is 0 Å². The Labute approximate surface area is 292 Å². The van der Waals surface area contributed by atoms with Crippen molar-refractivity contribution in [2.24, 2.45) is 0 Å². The first-order chi connectivity index (χ1) is 23.2. The molecule has 2 heterocycles. The summed E-state index contributed by atoms with van der Waals surface area (Å²) in [6.45, 7) is 16.8. The lowest BCUT2D eigenvalue weighted by molar-refractivity contribution is -0.160. The topological polar surface area (TPSA) is 177 Å². The van der Waals surface area contributed by atoms with Crippen molar-refractivity contribution in [3.8, 4) is 0 Å². The molecule has 49 heavy (non-hydrogen) atoms. The molecular formula is C36H60N2O11. The van der Waals surface area contributed by atoms with Crippen molar-refractivity contribution in [1.82, 2.24) is 9.80 Å². The number of aliphatic hydroxyl groups excluding tert-OH is 1. The molecule has 280 valence electrons. The maximum absolute atomic E-state index is 11.8. The van der Waals surface area contributed by atoms with E-state index in [-0.39, 0.29) is 48.0 Å². The van der Waals surface area contributed by atoms with Crippen molar-refractivity contribution in [3.63, 3.8) is 0 Å². The standard InChI is InChI=1S/C18H29NO5.C13H22O4.C5H9NO2/c1-4-5-6-7-8-9-10-23-17(21)11-14(2)18(22)24-16-12-19(13-16)15(3)20;1-3-4-5-6-7-8-9-17-12(14)10-11(2)13(15)16;1-4(7)6-2-5(8)3-6/h16H,2,4-13H2,1,3H3;2-10H2,1H3,(H,15,16);5,8H,2-3H2,1H3. The largest absolute Gasteiger partial charge is 0.478 e.